The molecule has 0 bridgehead atoms. The van der Waals surface area contributed by atoms with Crippen molar-refractivity contribution < 1.29 is 8.98 Å². The van der Waals surface area contributed by atoms with Crippen molar-refractivity contribution in [1.29, 1.82) is 0 Å². The van der Waals surface area contributed by atoms with Gasteiger partial charge < -0.3 is 9.32 Å². The van der Waals surface area contributed by atoms with E-state index in [1.165, 1.54) is 5.19 Å². The molecule has 0 aliphatic heterocycles. The Labute approximate surface area is 257 Å². The molecule has 8 heteroatoms. The van der Waals surface area contributed by atoms with Gasteiger partial charge in [-0.1, -0.05) is 68.2 Å². The molecule has 0 radical (unpaired) electrons. The molecule has 3 aromatic carbocycles. The van der Waals surface area contributed by atoms with Crippen LogP contribution < -0.4 is 14.7 Å². The molecule has 0 aliphatic carbocycles. The second-order valence-electron chi connectivity index (χ2n) is 12.1. The van der Waals surface area contributed by atoms with Gasteiger partial charge in [-0.2, -0.15) is 4.98 Å². The van der Waals surface area contributed by atoms with Crippen molar-refractivity contribution in [2.24, 2.45) is 7.05 Å². The van der Waals surface area contributed by atoms with Crippen molar-refractivity contribution in [2.75, 3.05) is 4.90 Å². The van der Waals surface area contributed by atoms with Crippen molar-refractivity contribution >= 4 is 52.4 Å². The maximum atomic E-state index is 6.52. The number of rotatable bonds is 6. The zero-order chi connectivity index (χ0) is 30.4. The molecule has 0 saturated heterocycles. The largest absolute Gasteiger partial charge is 0.437 e. The molecule has 0 atom stereocenters. The van der Waals surface area contributed by atoms with Crippen LogP contribution in [0.25, 0.3) is 45.0 Å². The molecule has 4 aromatic heterocycles. The van der Waals surface area contributed by atoms with Crippen LogP contribution >= 0.6 is 0 Å². The molecule has 0 N–H and O–H groups in total. The van der Waals surface area contributed by atoms with Crippen LogP contribution in [-0.4, -0.2) is 28.0 Å². The fraction of sp³-hybridized carbons (Fsp3) is 0.139. The Balaban J connectivity index is 1.30. The van der Waals surface area contributed by atoms with Crippen molar-refractivity contribution in [3.05, 3.63) is 115 Å². The number of benzene rings is 3. The SMILES string of the molecule is Cc1ccc2c(oc3nc(-c4ncc(N(c5ccccc5)c5ccccc5)cn4)ncc32)c1-c1cc([Si](C)(C)C)cc[n+]1C. The van der Waals surface area contributed by atoms with E-state index in [1.807, 2.05) is 55.0 Å². The Morgan fingerprint density at radius 3 is 1.98 bits per heavy atom. The summed E-state index contributed by atoms with van der Waals surface area (Å²) >= 11 is 0. The van der Waals surface area contributed by atoms with Gasteiger partial charge in [0.1, 0.15) is 7.05 Å². The van der Waals surface area contributed by atoms with E-state index in [2.05, 4.69) is 113 Å². The molecule has 7 rings (SSSR count). The minimum absolute atomic E-state index is 0.415. The number of nitrogens with zero attached hydrogens (tertiary/aromatic N) is 6. The summed E-state index contributed by atoms with van der Waals surface area (Å²) in [6.07, 6.45) is 7.58. The number of fused-ring (bicyclic) bond motifs is 3. The summed E-state index contributed by atoms with van der Waals surface area (Å²) in [6.45, 7) is 9.23. The maximum absolute atomic E-state index is 6.52. The standard InChI is InChI=1S/C36H33N6OSi/c1-24-16-17-29-30-23-39-35(40-36(30)43-33(29)32(24)31-20-28(44(3,4)5)18-19-41(31)2)34-37-21-27(22-38-34)42(25-12-8-6-9-13-25)26-14-10-7-11-15-26/h6-23H,1-5H3/q+1. The third-order valence-corrected chi connectivity index (χ3v) is 10.0. The van der Waals surface area contributed by atoms with Crippen LogP contribution in [0.3, 0.4) is 0 Å². The average Bonchev–Trinajstić information content (AvgIpc) is 3.40. The summed E-state index contributed by atoms with van der Waals surface area (Å²) in [7, 11) is 0.568. The third-order valence-electron chi connectivity index (χ3n) is 8.01. The number of pyridine rings is 1. The summed E-state index contributed by atoms with van der Waals surface area (Å²) < 4.78 is 8.69. The normalized spacial score (nSPS) is 11.8. The quantitative estimate of drug-likeness (QED) is 0.146. The minimum atomic E-state index is -1.52. The second kappa shape index (κ2) is 10.8. The van der Waals surface area contributed by atoms with Crippen molar-refractivity contribution in [2.45, 2.75) is 26.6 Å². The number of para-hydroxylation sites is 2. The average molecular weight is 594 g/mol. The Bertz CT molecular complexity index is 2080. The van der Waals surface area contributed by atoms with Gasteiger partial charge in [0.25, 0.3) is 0 Å². The monoisotopic (exact) mass is 593 g/mol. The summed E-state index contributed by atoms with van der Waals surface area (Å²) in [6, 6.07) is 29.2. The highest BCUT2D eigenvalue weighted by Gasteiger charge is 2.25. The smallest absolute Gasteiger partial charge is 0.231 e. The zero-order valence-electron chi connectivity index (χ0n) is 25.5. The van der Waals surface area contributed by atoms with Gasteiger partial charge >= 0.3 is 0 Å². The molecule has 7 nitrogen and oxygen atoms in total. The highest BCUT2D eigenvalue weighted by molar-refractivity contribution is 6.88. The van der Waals surface area contributed by atoms with E-state index < -0.39 is 8.07 Å². The number of aryl methyl sites for hydroxylation is 2. The lowest BCUT2D eigenvalue weighted by molar-refractivity contribution is -0.660. The third kappa shape index (κ3) is 4.93. The van der Waals surface area contributed by atoms with Crippen LogP contribution in [-0.2, 0) is 7.05 Å². The molecule has 0 saturated carbocycles. The van der Waals surface area contributed by atoms with Crippen molar-refractivity contribution in [3.63, 3.8) is 0 Å². The van der Waals surface area contributed by atoms with Gasteiger partial charge in [0.2, 0.25) is 17.2 Å². The van der Waals surface area contributed by atoms with Crippen molar-refractivity contribution in [1.82, 2.24) is 19.9 Å². The highest BCUT2D eigenvalue weighted by atomic mass is 28.3. The summed E-state index contributed by atoms with van der Waals surface area (Å²) in [4.78, 5) is 21.0. The predicted octanol–water partition coefficient (Wildman–Crippen LogP) is 7.65. The van der Waals surface area contributed by atoms with Crippen LogP contribution in [0, 0.1) is 6.92 Å². The van der Waals surface area contributed by atoms with E-state index >= 15 is 0 Å². The number of anilines is 3. The molecule has 0 aliphatic rings. The zero-order valence-corrected chi connectivity index (χ0v) is 26.5. The van der Waals surface area contributed by atoms with Gasteiger partial charge in [0.05, 0.1) is 37.1 Å². The maximum Gasteiger partial charge on any atom is 0.231 e. The van der Waals surface area contributed by atoms with Gasteiger partial charge in [-0.05, 0) is 41.9 Å². The van der Waals surface area contributed by atoms with E-state index in [4.69, 9.17) is 9.40 Å². The summed E-state index contributed by atoms with van der Waals surface area (Å²) in [5.41, 5.74) is 7.55. The number of furan rings is 1. The molecule has 4 heterocycles. The fourth-order valence-electron chi connectivity index (χ4n) is 5.59. The molecule has 0 spiro atoms. The van der Waals surface area contributed by atoms with E-state index in [-0.39, 0.29) is 0 Å². The first-order valence-electron chi connectivity index (χ1n) is 14.7. The van der Waals surface area contributed by atoms with Gasteiger partial charge in [-0.3, -0.25) is 0 Å². The Morgan fingerprint density at radius 1 is 0.705 bits per heavy atom. The highest BCUT2D eigenvalue weighted by Crippen LogP contribution is 2.37. The van der Waals surface area contributed by atoms with E-state index in [0.717, 1.165) is 50.2 Å². The molecule has 44 heavy (non-hydrogen) atoms. The molecule has 0 amide bonds. The van der Waals surface area contributed by atoms with Crippen LogP contribution in [0.2, 0.25) is 19.6 Å². The van der Waals surface area contributed by atoms with Crippen LogP contribution in [0.15, 0.2) is 114 Å². The van der Waals surface area contributed by atoms with Gasteiger partial charge in [0.15, 0.2) is 17.6 Å². The first-order valence-corrected chi connectivity index (χ1v) is 18.2. The Morgan fingerprint density at radius 2 is 1.34 bits per heavy atom. The fourth-order valence-corrected chi connectivity index (χ4v) is 6.73. The minimum Gasteiger partial charge on any atom is -0.437 e. The summed E-state index contributed by atoms with van der Waals surface area (Å²) in [5.74, 6) is 0.849. The van der Waals surface area contributed by atoms with E-state index in [9.17, 15) is 0 Å². The van der Waals surface area contributed by atoms with Gasteiger partial charge in [0, 0.05) is 35.1 Å². The molecule has 216 valence electrons. The van der Waals surface area contributed by atoms with Gasteiger partial charge in [-0.15, -0.1) is 0 Å². The number of hydrogen-bond acceptors (Lipinski definition) is 6. The van der Waals surface area contributed by atoms with Gasteiger partial charge in [-0.25, -0.2) is 19.5 Å². The van der Waals surface area contributed by atoms with E-state index in [0.29, 0.717) is 17.4 Å². The van der Waals surface area contributed by atoms with Crippen LogP contribution in [0.1, 0.15) is 5.56 Å². The van der Waals surface area contributed by atoms with E-state index in [1.54, 1.807) is 0 Å². The Hall–Kier alpha value is -5.21. The number of aromatic nitrogens is 5. The molecular formula is C36H33N6OSi+. The lowest BCUT2D eigenvalue weighted by Crippen LogP contribution is -2.42. The predicted molar refractivity (Wildman–Crippen MR) is 179 cm³/mol. The summed E-state index contributed by atoms with van der Waals surface area (Å²) in [5, 5.41) is 3.26. The van der Waals surface area contributed by atoms with Crippen LogP contribution in [0.5, 0.6) is 0 Å². The number of hydrogen-bond donors (Lipinski definition) is 0. The second-order valence-corrected chi connectivity index (χ2v) is 17.2. The lowest BCUT2D eigenvalue weighted by atomic mass is 10.0. The molecule has 7 aromatic rings. The van der Waals surface area contributed by atoms with Crippen LogP contribution in [0.4, 0.5) is 17.1 Å². The molecule has 0 unspecified atom stereocenters. The topological polar surface area (TPSA) is 71.8 Å². The first-order chi connectivity index (χ1) is 21.3. The first kappa shape index (κ1) is 27.6. The van der Waals surface area contributed by atoms with Crippen molar-refractivity contribution in [3.8, 4) is 22.9 Å². The lowest BCUT2D eigenvalue weighted by Gasteiger charge is -2.24. The molecular weight excluding hydrogens is 561 g/mol. The Kier molecular flexibility index (Phi) is 6.78. The molecule has 0 fully saturated rings.